The van der Waals surface area contributed by atoms with Gasteiger partial charge in [-0.05, 0) is 36.5 Å². The topological polar surface area (TPSA) is 0 Å². The monoisotopic (exact) mass is 168 g/mol. The molecule has 0 radical (unpaired) electrons. The summed E-state index contributed by atoms with van der Waals surface area (Å²) in [6.07, 6.45) is 5.78. The summed E-state index contributed by atoms with van der Waals surface area (Å²) in [6.45, 7) is 9.66. The lowest BCUT2D eigenvalue weighted by Gasteiger charge is -2.24. The third kappa shape index (κ3) is 2.24. The maximum absolute atomic E-state index is 2.46. The molecule has 1 aliphatic rings. The second-order valence-corrected chi connectivity index (χ2v) is 4.92. The van der Waals surface area contributed by atoms with Crippen LogP contribution in [0.3, 0.4) is 0 Å². The molecule has 0 saturated heterocycles. The van der Waals surface area contributed by atoms with Crippen LogP contribution < -0.4 is 0 Å². The van der Waals surface area contributed by atoms with Gasteiger partial charge in [0.25, 0.3) is 0 Å². The summed E-state index contributed by atoms with van der Waals surface area (Å²) < 4.78 is 0. The minimum absolute atomic E-state index is 0.951. The Hall–Kier alpha value is 0. The highest BCUT2D eigenvalue weighted by Crippen LogP contribution is 2.36. The van der Waals surface area contributed by atoms with Crippen molar-refractivity contribution in [2.24, 2.45) is 23.7 Å². The van der Waals surface area contributed by atoms with Gasteiger partial charge in [0.1, 0.15) is 0 Å². The summed E-state index contributed by atoms with van der Waals surface area (Å²) >= 11 is 0. The van der Waals surface area contributed by atoms with Crippen molar-refractivity contribution in [3.8, 4) is 0 Å². The first-order valence-electron chi connectivity index (χ1n) is 5.65. The van der Waals surface area contributed by atoms with E-state index in [1.807, 2.05) is 0 Å². The molecule has 0 aromatic rings. The third-order valence-electron chi connectivity index (χ3n) is 3.97. The smallest absolute Gasteiger partial charge is 0.0388 e. The van der Waals surface area contributed by atoms with Crippen LogP contribution in [0.2, 0.25) is 0 Å². The van der Waals surface area contributed by atoms with Crippen molar-refractivity contribution < 1.29 is 0 Å². The fourth-order valence-corrected chi connectivity index (χ4v) is 2.77. The molecular weight excluding hydrogens is 144 g/mol. The summed E-state index contributed by atoms with van der Waals surface area (Å²) in [4.78, 5) is 0. The van der Waals surface area contributed by atoms with E-state index < -0.39 is 0 Å². The standard InChI is InChI=1S/C12H24/c1-5-12-7-6-9(2)8-10(3)11(12)4/h9-12H,5-8H2,1-4H3/t9?,10?,11?,12-/m0/s1. The quantitative estimate of drug-likeness (QED) is 0.517. The lowest BCUT2D eigenvalue weighted by Crippen LogP contribution is -2.16. The highest BCUT2D eigenvalue weighted by atomic mass is 14.3. The van der Waals surface area contributed by atoms with Crippen LogP contribution >= 0.6 is 0 Å². The van der Waals surface area contributed by atoms with E-state index >= 15 is 0 Å². The van der Waals surface area contributed by atoms with Crippen LogP contribution in [0.15, 0.2) is 0 Å². The van der Waals surface area contributed by atoms with Crippen LogP contribution in [0.5, 0.6) is 0 Å². The van der Waals surface area contributed by atoms with Crippen LogP contribution in [0.25, 0.3) is 0 Å². The average Bonchev–Trinajstić information content (AvgIpc) is 2.14. The molecule has 1 rings (SSSR count). The van der Waals surface area contributed by atoms with Crippen molar-refractivity contribution in [3.05, 3.63) is 0 Å². The first kappa shape index (κ1) is 10.1. The van der Waals surface area contributed by atoms with Gasteiger partial charge >= 0.3 is 0 Å². The fraction of sp³-hybridized carbons (Fsp3) is 1.00. The molecule has 0 aromatic heterocycles. The zero-order valence-corrected chi connectivity index (χ0v) is 9.14. The van der Waals surface area contributed by atoms with E-state index in [0.29, 0.717) is 0 Å². The average molecular weight is 168 g/mol. The van der Waals surface area contributed by atoms with Gasteiger partial charge in [0.2, 0.25) is 0 Å². The van der Waals surface area contributed by atoms with Crippen LogP contribution in [0.1, 0.15) is 53.4 Å². The van der Waals surface area contributed by atoms with Gasteiger partial charge in [-0.3, -0.25) is 0 Å². The molecular formula is C12H24. The molecule has 4 atom stereocenters. The largest absolute Gasteiger partial charge is 0.0651 e. The van der Waals surface area contributed by atoms with E-state index in [0.717, 1.165) is 23.7 Å². The Morgan fingerprint density at radius 2 is 1.75 bits per heavy atom. The normalized spacial score (nSPS) is 44.0. The predicted octanol–water partition coefficient (Wildman–Crippen LogP) is 4.10. The van der Waals surface area contributed by atoms with Crippen LogP contribution in [-0.2, 0) is 0 Å². The highest BCUT2D eigenvalue weighted by molar-refractivity contribution is 4.77. The summed E-state index contributed by atoms with van der Waals surface area (Å²) in [5, 5.41) is 0. The first-order valence-corrected chi connectivity index (χ1v) is 5.65. The van der Waals surface area contributed by atoms with Gasteiger partial charge < -0.3 is 0 Å². The number of hydrogen-bond acceptors (Lipinski definition) is 0. The van der Waals surface area contributed by atoms with E-state index in [1.54, 1.807) is 0 Å². The van der Waals surface area contributed by atoms with Gasteiger partial charge in [-0.1, -0.05) is 40.5 Å². The molecule has 72 valence electrons. The van der Waals surface area contributed by atoms with Gasteiger partial charge in [-0.2, -0.15) is 0 Å². The molecule has 1 fully saturated rings. The Kier molecular flexibility index (Phi) is 3.61. The molecule has 0 bridgehead atoms. The van der Waals surface area contributed by atoms with Crippen molar-refractivity contribution in [1.29, 1.82) is 0 Å². The van der Waals surface area contributed by atoms with Crippen molar-refractivity contribution in [1.82, 2.24) is 0 Å². The minimum Gasteiger partial charge on any atom is -0.0651 e. The Labute approximate surface area is 77.7 Å². The van der Waals surface area contributed by atoms with E-state index in [4.69, 9.17) is 0 Å². The summed E-state index contributed by atoms with van der Waals surface area (Å²) in [6, 6.07) is 0. The fourth-order valence-electron chi connectivity index (χ4n) is 2.77. The van der Waals surface area contributed by atoms with Gasteiger partial charge in [0.05, 0.1) is 0 Å². The molecule has 0 aromatic carbocycles. The van der Waals surface area contributed by atoms with Crippen LogP contribution in [-0.4, -0.2) is 0 Å². The number of hydrogen-bond donors (Lipinski definition) is 0. The van der Waals surface area contributed by atoms with E-state index in [9.17, 15) is 0 Å². The molecule has 0 nitrogen and oxygen atoms in total. The third-order valence-corrected chi connectivity index (χ3v) is 3.97. The molecule has 1 saturated carbocycles. The first-order chi connectivity index (χ1) is 5.65. The Balaban J connectivity index is 2.56. The summed E-state index contributed by atoms with van der Waals surface area (Å²) in [7, 11) is 0. The van der Waals surface area contributed by atoms with Crippen LogP contribution in [0, 0.1) is 23.7 Å². The molecule has 3 unspecified atom stereocenters. The lowest BCUT2D eigenvalue weighted by molar-refractivity contribution is 0.255. The molecule has 1 aliphatic carbocycles. The maximum atomic E-state index is 2.46. The van der Waals surface area contributed by atoms with Crippen molar-refractivity contribution in [2.75, 3.05) is 0 Å². The van der Waals surface area contributed by atoms with Gasteiger partial charge in [0.15, 0.2) is 0 Å². The second-order valence-electron chi connectivity index (χ2n) is 4.92. The Bertz CT molecular complexity index is 128. The van der Waals surface area contributed by atoms with Gasteiger partial charge in [-0.25, -0.2) is 0 Å². The molecule has 12 heavy (non-hydrogen) atoms. The highest BCUT2D eigenvalue weighted by Gasteiger charge is 2.26. The van der Waals surface area contributed by atoms with E-state index in [2.05, 4.69) is 27.7 Å². The van der Waals surface area contributed by atoms with Crippen LogP contribution in [0.4, 0.5) is 0 Å². The molecule has 0 amide bonds. The van der Waals surface area contributed by atoms with Crippen molar-refractivity contribution in [2.45, 2.75) is 53.4 Å². The van der Waals surface area contributed by atoms with Gasteiger partial charge in [-0.15, -0.1) is 0 Å². The molecule has 0 N–H and O–H groups in total. The predicted molar refractivity (Wildman–Crippen MR) is 55.1 cm³/mol. The SMILES string of the molecule is CC[C@H]1CCC(C)CC(C)C1C. The zero-order valence-electron chi connectivity index (χ0n) is 9.14. The summed E-state index contributed by atoms with van der Waals surface area (Å²) in [5.74, 6) is 3.89. The maximum Gasteiger partial charge on any atom is -0.0388 e. The molecule has 0 heteroatoms. The van der Waals surface area contributed by atoms with Crippen molar-refractivity contribution in [3.63, 3.8) is 0 Å². The molecule has 0 heterocycles. The van der Waals surface area contributed by atoms with Crippen molar-refractivity contribution >= 4 is 0 Å². The molecule has 0 spiro atoms. The summed E-state index contributed by atoms with van der Waals surface area (Å²) in [5.41, 5.74) is 0. The minimum atomic E-state index is 0.951. The molecule has 0 aliphatic heterocycles. The van der Waals surface area contributed by atoms with E-state index in [-0.39, 0.29) is 0 Å². The number of rotatable bonds is 1. The lowest BCUT2D eigenvalue weighted by atomic mass is 9.81. The Morgan fingerprint density at radius 1 is 1.08 bits per heavy atom. The Morgan fingerprint density at radius 3 is 2.33 bits per heavy atom. The zero-order chi connectivity index (χ0) is 9.14. The second kappa shape index (κ2) is 4.30. The van der Waals surface area contributed by atoms with E-state index in [1.165, 1.54) is 25.7 Å². The van der Waals surface area contributed by atoms with Gasteiger partial charge in [0, 0.05) is 0 Å².